The Kier molecular flexibility index (Phi) is 5.44. The highest BCUT2D eigenvalue weighted by Gasteiger charge is 2.14. The van der Waals surface area contributed by atoms with Gasteiger partial charge in [-0.25, -0.2) is 19.3 Å². The Labute approximate surface area is 174 Å². The van der Waals surface area contributed by atoms with E-state index in [-0.39, 0.29) is 5.82 Å². The van der Waals surface area contributed by atoms with Gasteiger partial charge in [0.2, 0.25) is 17.6 Å². The van der Waals surface area contributed by atoms with E-state index in [9.17, 15) is 4.39 Å². The number of rotatable bonds is 7. The van der Waals surface area contributed by atoms with Gasteiger partial charge in [-0.3, -0.25) is 5.32 Å². The van der Waals surface area contributed by atoms with Crippen LogP contribution in [0.5, 0.6) is 17.2 Å². The third kappa shape index (κ3) is 4.01. The van der Waals surface area contributed by atoms with Crippen LogP contribution in [-0.4, -0.2) is 41.3 Å². The molecule has 0 aliphatic heterocycles. The Bertz CT molecular complexity index is 1180. The Hall–Kier alpha value is -3.73. The van der Waals surface area contributed by atoms with Crippen LogP contribution in [0.25, 0.3) is 10.2 Å². The fourth-order valence-electron chi connectivity index (χ4n) is 2.75. The predicted molar refractivity (Wildman–Crippen MR) is 112 cm³/mol. The molecule has 0 radical (unpaired) electrons. The summed E-state index contributed by atoms with van der Waals surface area (Å²) in [4.78, 5) is 17.0. The van der Waals surface area contributed by atoms with Gasteiger partial charge >= 0.3 is 0 Å². The first-order valence-corrected chi connectivity index (χ1v) is 9.50. The third-order valence-electron chi connectivity index (χ3n) is 4.06. The summed E-state index contributed by atoms with van der Waals surface area (Å²) in [5.74, 6) is 1.75. The lowest BCUT2D eigenvalue weighted by atomic mass is 10.2. The lowest BCUT2D eigenvalue weighted by molar-refractivity contribution is 0.324. The quantitative estimate of drug-likeness (QED) is 0.449. The second kappa shape index (κ2) is 8.33. The highest BCUT2D eigenvalue weighted by molar-refractivity contribution is 7.22. The van der Waals surface area contributed by atoms with Gasteiger partial charge in [0.15, 0.2) is 16.6 Å². The minimum Gasteiger partial charge on any atom is -0.493 e. The SMILES string of the molecule is COc1cc(Nc2ncnc(Nc3nc4ccc(F)cc4s3)n2)cc(OC)c1OC. The molecule has 0 amide bonds. The number of aromatic nitrogens is 4. The van der Waals surface area contributed by atoms with E-state index >= 15 is 0 Å². The molecule has 30 heavy (non-hydrogen) atoms. The molecule has 154 valence electrons. The number of fused-ring (bicyclic) bond motifs is 1. The molecule has 0 atom stereocenters. The largest absolute Gasteiger partial charge is 0.493 e. The molecular weight excluding hydrogens is 411 g/mol. The topological polar surface area (TPSA) is 103 Å². The average molecular weight is 428 g/mol. The zero-order valence-electron chi connectivity index (χ0n) is 16.3. The van der Waals surface area contributed by atoms with E-state index in [0.29, 0.717) is 45.5 Å². The third-order valence-corrected chi connectivity index (χ3v) is 5.00. The van der Waals surface area contributed by atoms with E-state index in [1.54, 1.807) is 18.2 Å². The summed E-state index contributed by atoms with van der Waals surface area (Å²) in [5.41, 5.74) is 1.32. The number of benzene rings is 2. The van der Waals surface area contributed by atoms with Crippen molar-refractivity contribution in [2.45, 2.75) is 0 Å². The van der Waals surface area contributed by atoms with Gasteiger partial charge in [0, 0.05) is 17.8 Å². The van der Waals surface area contributed by atoms with E-state index in [0.717, 1.165) is 4.70 Å². The minimum atomic E-state index is -0.310. The molecule has 0 spiro atoms. The van der Waals surface area contributed by atoms with Crippen LogP contribution in [0.4, 0.5) is 27.1 Å². The van der Waals surface area contributed by atoms with Gasteiger partial charge in [-0.1, -0.05) is 11.3 Å². The maximum Gasteiger partial charge on any atom is 0.233 e. The normalized spacial score (nSPS) is 10.7. The molecule has 2 N–H and O–H groups in total. The number of anilines is 4. The molecule has 2 aromatic carbocycles. The first kappa shape index (κ1) is 19.6. The van der Waals surface area contributed by atoms with Crippen molar-refractivity contribution in [3.05, 3.63) is 42.5 Å². The van der Waals surface area contributed by atoms with Crippen LogP contribution in [0.2, 0.25) is 0 Å². The molecule has 2 heterocycles. The highest BCUT2D eigenvalue weighted by atomic mass is 32.1. The van der Waals surface area contributed by atoms with Crippen molar-refractivity contribution < 1.29 is 18.6 Å². The number of ether oxygens (including phenoxy) is 3. The molecule has 0 aliphatic rings. The van der Waals surface area contributed by atoms with Gasteiger partial charge in [0.25, 0.3) is 0 Å². The molecule has 11 heteroatoms. The number of methoxy groups -OCH3 is 3. The summed E-state index contributed by atoms with van der Waals surface area (Å²) in [6.07, 6.45) is 1.36. The van der Waals surface area contributed by atoms with Crippen molar-refractivity contribution >= 4 is 44.3 Å². The van der Waals surface area contributed by atoms with E-state index in [1.807, 2.05) is 0 Å². The summed E-state index contributed by atoms with van der Waals surface area (Å²) in [6.45, 7) is 0. The van der Waals surface area contributed by atoms with E-state index in [2.05, 4.69) is 30.6 Å². The van der Waals surface area contributed by atoms with E-state index < -0.39 is 0 Å². The number of hydrogen-bond donors (Lipinski definition) is 2. The predicted octanol–water partition coefficient (Wildman–Crippen LogP) is 4.13. The van der Waals surface area contributed by atoms with Crippen LogP contribution in [0.1, 0.15) is 0 Å². The first-order chi connectivity index (χ1) is 14.6. The molecule has 9 nitrogen and oxygen atoms in total. The lowest BCUT2D eigenvalue weighted by Crippen LogP contribution is -2.03. The number of nitrogens with zero attached hydrogens (tertiary/aromatic N) is 4. The van der Waals surface area contributed by atoms with Crippen LogP contribution in [0.15, 0.2) is 36.7 Å². The summed E-state index contributed by atoms with van der Waals surface area (Å²) >= 11 is 1.30. The Balaban J connectivity index is 1.57. The number of halogens is 1. The summed E-state index contributed by atoms with van der Waals surface area (Å²) < 4.78 is 30.1. The molecule has 4 rings (SSSR count). The van der Waals surface area contributed by atoms with Crippen molar-refractivity contribution in [1.29, 1.82) is 0 Å². The highest BCUT2D eigenvalue weighted by Crippen LogP contribution is 2.40. The van der Waals surface area contributed by atoms with Crippen LogP contribution in [0.3, 0.4) is 0 Å². The first-order valence-electron chi connectivity index (χ1n) is 8.69. The van der Waals surface area contributed by atoms with Crippen molar-refractivity contribution in [3.8, 4) is 17.2 Å². The Morgan fingerprint density at radius 3 is 2.23 bits per heavy atom. The second-order valence-electron chi connectivity index (χ2n) is 5.93. The summed E-state index contributed by atoms with van der Waals surface area (Å²) in [6, 6.07) is 7.90. The maximum atomic E-state index is 13.4. The van der Waals surface area contributed by atoms with Crippen molar-refractivity contribution in [3.63, 3.8) is 0 Å². The van der Waals surface area contributed by atoms with Gasteiger partial charge in [0.1, 0.15) is 12.1 Å². The number of nitrogens with one attached hydrogen (secondary N) is 2. The number of hydrogen-bond acceptors (Lipinski definition) is 10. The summed E-state index contributed by atoms with van der Waals surface area (Å²) in [7, 11) is 4.61. The molecule has 4 aromatic rings. The molecule has 0 fully saturated rings. The monoisotopic (exact) mass is 428 g/mol. The Morgan fingerprint density at radius 2 is 1.57 bits per heavy atom. The van der Waals surface area contributed by atoms with Gasteiger partial charge in [0.05, 0.1) is 31.5 Å². The van der Waals surface area contributed by atoms with Crippen molar-refractivity contribution in [2.24, 2.45) is 0 Å². The molecule has 0 aliphatic carbocycles. The van der Waals surface area contributed by atoms with Crippen LogP contribution in [0, 0.1) is 5.82 Å². The lowest BCUT2D eigenvalue weighted by Gasteiger charge is -2.14. The molecular formula is C19H17FN6O3S. The smallest absolute Gasteiger partial charge is 0.233 e. The van der Waals surface area contributed by atoms with Crippen molar-refractivity contribution in [2.75, 3.05) is 32.0 Å². The van der Waals surface area contributed by atoms with Gasteiger partial charge < -0.3 is 19.5 Å². The van der Waals surface area contributed by atoms with Gasteiger partial charge in [-0.15, -0.1) is 0 Å². The van der Waals surface area contributed by atoms with E-state index in [1.165, 1.54) is 51.1 Å². The summed E-state index contributed by atoms with van der Waals surface area (Å²) in [5, 5.41) is 6.64. The van der Waals surface area contributed by atoms with Gasteiger partial charge in [-0.05, 0) is 18.2 Å². The molecule has 0 unspecified atom stereocenters. The molecule has 2 aromatic heterocycles. The second-order valence-corrected chi connectivity index (χ2v) is 6.96. The maximum absolute atomic E-state index is 13.4. The van der Waals surface area contributed by atoms with Gasteiger partial charge in [-0.2, -0.15) is 4.98 Å². The fraction of sp³-hybridized carbons (Fsp3) is 0.158. The van der Waals surface area contributed by atoms with Crippen LogP contribution in [-0.2, 0) is 0 Å². The fourth-order valence-corrected chi connectivity index (χ4v) is 3.63. The standard InChI is InChI=1S/C19H17FN6O3S/c1-27-13-7-11(8-14(28-2)16(13)29-3)23-17-21-9-22-18(25-17)26-19-24-12-5-4-10(20)6-15(12)30-19/h4-9H,1-3H3,(H2,21,22,23,24,25,26). The molecule has 0 saturated carbocycles. The number of thiazole rings is 1. The minimum absolute atomic E-state index is 0.291. The van der Waals surface area contributed by atoms with Crippen molar-refractivity contribution in [1.82, 2.24) is 19.9 Å². The molecule has 0 bridgehead atoms. The van der Waals surface area contributed by atoms with E-state index in [4.69, 9.17) is 14.2 Å². The van der Waals surface area contributed by atoms with Crippen LogP contribution < -0.4 is 24.8 Å². The Morgan fingerprint density at radius 1 is 0.867 bits per heavy atom. The zero-order valence-corrected chi connectivity index (χ0v) is 17.1. The molecule has 0 saturated heterocycles. The average Bonchev–Trinajstić information content (AvgIpc) is 3.14. The van der Waals surface area contributed by atoms with Crippen LogP contribution >= 0.6 is 11.3 Å². The zero-order chi connectivity index (χ0) is 21.1.